The van der Waals surface area contributed by atoms with Gasteiger partial charge in [-0.3, -0.25) is 4.90 Å². The molecule has 26 heavy (non-hydrogen) atoms. The fourth-order valence-corrected chi connectivity index (χ4v) is 2.91. The maximum atomic E-state index is 12.4. The predicted octanol–water partition coefficient (Wildman–Crippen LogP) is 6.03. The minimum Gasteiger partial charge on any atom is -0.496 e. The van der Waals surface area contributed by atoms with E-state index >= 15 is 0 Å². The molecule has 0 aromatic heterocycles. The van der Waals surface area contributed by atoms with E-state index in [0.29, 0.717) is 6.54 Å². The largest absolute Gasteiger partial charge is 0.496 e. The van der Waals surface area contributed by atoms with Gasteiger partial charge in [-0.25, -0.2) is 4.79 Å². The highest BCUT2D eigenvalue weighted by molar-refractivity contribution is 6.15. The van der Waals surface area contributed by atoms with Crippen LogP contribution in [0, 0.1) is 0 Å². The molecule has 4 nitrogen and oxygen atoms in total. The summed E-state index contributed by atoms with van der Waals surface area (Å²) >= 11 is 4.64. The van der Waals surface area contributed by atoms with Gasteiger partial charge in [0.05, 0.1) is 12.8 Å². The van der Waals surface area contributed by atoms with Gasteiger partial charge in [0.2, 0.25) is 0 Å². The van der Waals surface area contributed by atoms with Crippen molar-refractivity contribution in [2.24, 2.45) is 0 Å². The number of hydrogen-bond acceptors (Lipinski definition) is 3. The fraction of sp³-hybridized carbons (Fsp3) is 0.476. The molecule has 0 unspecified atom stereocenters. The van der Waals surface area contributed by atoms with Crippen molar-refractivity contribution < 1.29 is 14.3 Å². The van der Waals surface area contributed by atoms with Crippen molar-refractivity contribution in [3.8, 4) is 5.75 Å². The van der Waals surface area contributed by atoms with E-state index in [-0.39, 0.29) is 6.09 Å². The van der Waals surface area contributed by atoms with Crippen LogP contribution in [0.4, 0.5) is 10.5 Å². The van der Waals surface area contributed by atoms with Gasteiger partial charge in [-0.2, -0.15) is 0 Å². The standard InChI is InChI=1S/C18H21NO3.C2H6.CH3Cl/c1-18(2,3)22-17(20)19-10-9-13-12-7-5-6-8-14(12)16(21-4)11-15(13)19;2*1-2/h5-8,11H,9-10H2,1-4H3;1-2H3;1H3. The van der Waals surface area contributed by atoms with Crippen molar-refractivity contribution >= 4 is 34.2 Å². The molecule has 144 valence electrons. The lowest BCUT2D eigenvalue weighted by Gasteiger charge is -2.25. The van der Waals surface area contributed by atoms with Crippen LogP contribution in [0.25, 0.3) is 10.8 Å². The number of fused-ring (bicyclic) bond motifs is 3. The van der Waals surface area contributed by atoms with Gasteiger partial charge in [-0.05, 0) is 38.1 Å². The summed E-state index contributed by atoms with van der Waals surface area (Å²) in [6, 6.07) is 10.1. The number of alkyl halides is 1. The third-order valence-corrected chi connectivity index (χ3v) is 3.80. The van der Waals surface area contributed by atoms with Crippen molar-refractivity contribution in [3.63, 3.8) is 0 Å². The molecule has 3 rings (SSSR count). The van der Waals surface area contributed by atoms with Crippen LogP contribution in [0.1, 0.15) is 40.2 Å². The Balaban J connectivity index is 0.000000791. The number of amides is 1. The SMILES string of the molecule is CC.CCl.COc1cc2c(c3ccccc13)CCN2C(=O)OC(C)(C)C. The molecule has 0 N–H and O–H groups in total. The Morgan fingerprint density at radius 2 is 1.69 bits per heavy atom. The van der Waals surface area contributed by atoms with Gasteiger partial charge in [-0.15, -0.1) is 11.6 Å². The van der Waals surface area contributed by atoms with Crippen LogP contribution in [0.15, 0.2) is 30.3 Å². The number of hydrogen-bond donors (Lipinski definition) is 0. The summed E-state index contributed by atoms with van der Waals surface area (Å²) in [5, 5.41) is 2.22. The molecule has 0 aliphatic carbocycles. The first kappa shape index (κ1) is 22.1. The van der Waals surface area contributed by atoms with E-state index in [0.717, 1.165) is 28.6 Å². The molecule has 0 fully saturated rings. The van der Waals surface area contributed by atoms with Crippen LogP contribution in [0.3, 0.4) is 0 Å². The molecule has 0 atom stereocenters. The molecule has 2 aromatic rings. The van der Waals surface area contributed by atoms with Gasteiger partial charge in [0.15, 0.2) is 0 Å². The van der Waals surface area contributed by atoms with Crippen LogP contribution in [-0.2, 0) is 11.2 Å². The fourth-order valence-electron chi connectivity index (χ4n) is 2.91. The summed E-state index contributed by atoms with van der Waals surface area (Å²) in [4.78, 5) is 14.1. The lowest BCUT2D eigenvalue weighted by Crippen LogP contribution is -2.35. The number of halogens is 1. The Kier molecular flexibility index (Phi) is 8.22. The Morgan fingerprint density at radius 3 is 2.23 bits per heavy atom. The zero-order chi connectivity index (χ0) is 19.9. The van der Waals surface area contributed by atoms with Gasteiger partial charge in [0.1, 0.15) is 11.4 Å². The lowest BCUT2D eigenvalue weighted by atomic mass is 10.0. The van der Waals surface area contributed by atoms with E-state index in [1.54, 1.807) is 12.0 Å². The number of benzene rings is 2. The third-order valence-electron chi connectivity index (χ3n) is 3.80. The predicted molar refractivity (Wildman–Crippen MR) is 111 cm³/mol. The molecule has 1 aliphatic heterocycles. The van der Waals surface area contributed by atoms with E-state index in [1.807, 2.05) is 58.9 Å². The van der Waals surface area contributed by atoms with E-state index in [1.165, 1.54) is 11.9 Å². The van der Waals surface area contributed by atoms with Crippen LogP contribution >= 0.6 is 11.6 Å². The van der Waals surface area contributed by atoms with Gasteiger partial charge >= 0.3 is 6.09 Å². The number of rotatable bonds is 1. The molecule has 2 aromatic carbocycles. The molecule has 0 radical (unpaired) electrons. The molecule has 5 heteroatoms. The molecule has 0 bridgehead atoms. The topological polar surface area (TPSA) is 38.8 Å². The summed E-state index contributed by atoms with van der Waals surface area (Å²) in [7, 11) is 1.65. The minimum absolute atomic E-state index is 0.302. The Hall–Kier alpha value is -1.94. The van der Waals surface area contributed by atoms with Gasteiger partial charge in [0.25, 0.3) is 0 Å². The van der Waals surface area contributed by atoms with E-state index < -0.39 is 5.60 Å². The average Bonchev–Trinajstić information content (AvgIpc) is 3.07. The Bertz CT molecular complexity index is 738. The number of anilines is 1. The molecule has 0 saturated heterocycles. The molecule has 1 aliphatic rings. The van der Waals surface area contributed by atoms with Crippen molar-refractivity contribution in [2.75, 3.05) is 24.9 Å². The first-order valence-corrected chi connectivity index (χ1v) is 9.63. The van der Waals surface area contributed by atoms with Gasteiger partial charge in [0, 0.05) is 24.4 Å². The normalized spacial score (nSPS) is 12.4. The summed E-state index contributed by atoms with van der Waals surface area (Å²) in [6.45, 7) is 10.3. The molecule has 1 amide bonds. The van der Waals surface area contributed by atoms with Crippen molar-refractivity contribution in [1.29, 1.82) is 0 Å². The second-order valence-corrected chi connectivity index (χ2v) is 6.50. The number of carbonyl (C=O) groups excluding carboxylic acids is 1. The lowest BCUT2D eigenvalue weighted by molar-refractivity contribution is 0.0584. The highest BCUT2D eigenvalue weighted by Crippen LogP contribution is 2.40. The summed E-state index contributed by atoms with van der Waals surface area (Å²) in [6.07, 6.45) is 2.00. The number of methoxy groups -OCH3 is 1. The van der Waals surface area contributed by atoms with E-state index in [2.05, 4.69) is 17.7 Å². The summed E-state index contributed by atoms with van der Waals surface area (Å²) < 4.78 is 11.0. The van der Waals surface area contributed by atoms with Gasteiger partial charge < -0.3 is 9.47 Å². The Labute approximate surface area is 162 Å². The third kappa shape index (κ3) is 4.82. The monoisotopic (exact) mass is 379 g/mol. The summed E-state index contributed by atoms with van der Waals surface area (Å²) in [5.41, 5.74) is 1.58. The second kappa shape index (κ2) is 9.67. The summed E-state index contributed by atoms with van der Waals surface area (Å²) in [5.74, 6) is 0.782. The highest BCUT2D eigenvalue weighted by atomic mass is 35.5. The van der Waals surface area contributed by atoms with Crippen LogP contribution in [0.2, 0.25) is 0 Å². The average molecular weight is 380 g/mol. The zero-order valence-electron chi connectivity index (χ0n) is 16.9. The van der Waals surface area contributed by atoms with Crippen molar-refractivity contribution in [3.05, 3.63) is 35.9 Å². The number of ether oxygens (including phenoxy) is 2. The highest BCUT2D eigenvalue weighted by Gasteiger charge is 2.30. The van der Waals surface area contributed by atoms with E-state index in [4.69, 9.17) is 9.47 Å². The van der Waals surface area contributed by atoms with Crippen molar-refractivity contribution in [1.82, 2.24) is 0 Å². The molecular formula is C21H30ClNO3. The van der Waals surface area contributed by atoms with E-state index in [9.17, 15) is 4.79 Å². The second-order valence-electron chi connectivity index (χ2n) is 6.50. The smallest absolute Gasteiger partial charge is 0.414 e. The van der Waals surface area contributed by atoms with Crippen LogP contribution in [-0.4, -0.2) is 31.7 Å². The van der Waals surface area contributed by atoms with Crippen LogP contribution < -0.4 is 9.64 Å². The number of carbonyl (C=O) groups is 1. The number of nitrogens with zero attached hydrogens (tertiary/aromatic N) is 1. The van der Waals surface area contributed by atoms with Gasteiger partial charge in [-0.1, -0.05) is 38.1 Å². The first-order chi connectivity index (χ1) is 12.4. The van der Waals surface area contributed by atoms with Crippen molar-refractivity contribution in [2.45, 2.75) is 46.6 Å². The zero-order valence-corrected chi connectivity index (χ0v) is 17.6. The maximum Gasteiger partial charge on any atom is 0.414 e. The quantitative estimate of drug-likeness (QED) is 0.568. The maximum absolute atomic E-state index is 12.4. The molecule has 0 saturated carbocycles. The molecule has 0 spiro atoms. The first-order valence-electron chi connectivity index (χ1n) is 8.87. The molecule has 1 heterocycles. The Morgan fingerprint density at radius 1 is 1.12 bits per heavy atom. The molecular weight excluding hydrogens is 350 g/mol. The van der Waals surface area contributed by atoms with Crippen LogP contribution in [0.5, 0.6) is 5.75 Å². The minimum atomic E-state index is -0.499.